The van der Waals surface area contributed by atoms with E-state index in [0.717, 1.165) is 0 Å². The minimum absolute atomic E-state index is 0.105. The number of hydrogen-bond acceptors (Lipinski definition) is 8. The van der Waals surface area contributed by atoms with Gasteiger partial charge in [0.15, 0.2) is 0 Å². The number of ether oxygens (including phenoxy) is 2. The Morgan fingerprint density at radius 3 is 2.85 bits per heavy atom. The zero-order valence-corrected chi connectivity index (χ0v) is 11.4. The first-order chi connectivity index (χ1) is 9.72. The average molecular weight is 279 g/mol. The van der Waals surface area contributed by atoms with Crippen molar-refractivity contribution in [2.24, 2.45) is 0 Å². The monoisotopic (exact) mass is 279 g/mol. The molecule has 9 nitrogen and oxygen atoms in total. The Labute approximate surface area is 116 Å². The minimum atomic E-state index is -0.105. The molecule has 0 bridgehead atoms. The van der Waals surface area contributed by atoms with E-state index < -0.39 is 0 Å². The number of nitrogens with zero attached hydrogens (tertiary/aromatic N) is 5. The first-order valence-corrected chi connectivity index (χ1v) is 6.00. The lowest BCUT2D eigenvalue weighted by Gasteiger charge is -2.15. The molecule has 0 aliphatic rings. The van der Waals surface area contributed by atoms with Gasteiger partial charge in [0.25, 0.3) is 5.95 Å². The second kappa shape index (κ2) is 6.78. The van der Waals surface area contributed by atoms with E-state index in [1.54, 1.807) is 32.7 Å². The van der Waals surface area contributed by atoms with Gasteiger partial charge in [-0.25, -0.2) is 4.68 Å². The summed E-state index contributed by atoms with van der Waals surface area (Å²) in [6, 6.07) is 1.77. The van der Waals surface area contributed by atoms with Gasteiger partial charge in [-0.15, -0.1) is 0 Å². The highest BCUT2D eigenvalue weighted by Crippen LogP contribution is 2.06. The summed E-state index contributed by atoms with van der Waals surface area (Å²) >= 11 is 0. The Balaban J connectivity index is 2.08. The van der Waals surface area contributed by atoms with Gasteiger partial charge in [-0.3, -0.25) is 0 Å². The Hall–Kier alpha value is -2.26. The fourth-order valence-electron chi connectivity index (χ4n) is 1.55. The van der Waals surface area contributed by atoms with Gasteiger partial charge in [0.05, 0.1) is 12.7 Å². The van der Waals surface area contributed by atoms with E-state index in [-0.39, 0.29) is 12.1 Å². The number of methoxy groups -OCH3 is 2. The van der Waals surface area contributed by atoms with E-state index in [1.807, 2.05) is 0 Å². The van der Waals surface area contributed by atoms with Crippen molar-refractivity contribution < 1.29 is 9.47 Å². The van der Waals surface area contributed by atoms with Crippen molar-refractivity contribution in [2.45, 2.75) is 6.10 Å². The molecule has 0 aliphatic heterocycles. The number of nitrogens with one attached hydrogen (secondary N) is 1. The molecule has 3 N–H and O–H groups in total. The van der Waals surface area contributed by atoms with Gasteiger partial charge in [0.2, 0.25) is 11.9 Å². The number of hydrogen-bond donors (Lipinski definition) is 2. The highest BCUT2D eigenvalue weighted by atomic mass is 16.5. The van der Waals surface area contributed by atoms with Gasteiger partial charge in [0.1, 0.15) is 0 Å². The molecule has 0 saturated carbocycles. The van der Waals surface area contributed by atoms with E-state index in [9.17, 15) is 0 Å². The molecule has 2 aromatic heterocycles. The second-order valence-corrected chi connectivity index (χ2v) is 3.96. The van der Waals surface area contributed by atoms with Crippen LogP contribution < -0.4 is 11.1 Å². The molecular formula is C11H17N7O2. The first-order valence-electron chi connectivity index (χ1n) is 6.00. The molecule has 2 aromatic rings. The fraction of sp³-hybridized carbons (Fsp3) is 0.455. The van der Waals surface area contributed by atoms with Crippen LogP contribution in [0.2, 0.25) is 0 Å². The molecule has 0 aliphatic carbocycles. The van der Waals surface area contributed by atoms with Gasteiger partial charge in [-0.2, -0.15) is 20.1 Å². The molecule has 108 valence electrons. The maximum atomic E-state index is 5.66. The van der Waals surface area contributed by atoms with Crippen molar-refractivity contribution in [1.82, 2.24) is 24.7 Å². The zero-order valence-electron chi connectivity index (χ0n) is 11.4. The molecular weight excluding hydrogens is 262 g/mol. The summed E-state index contributed by atoms with van der Waals surface area (Å²) in [6.45, 7) is 0.961. The Kier molecular flexibility index (Phi) is 4.80. The Morgan fingerprint density at radius 2 is 2.20 bits per heavy atom. The second-order valence-electron chi connectivity index (χ2n) is 3.96. The van der Waals surface area contributed by atoms with E-state index in [1.165, 1.54) is 4.68 Å². The van der Waals surface area contributed by atoms with Crippen LogP contribution in [0.5, 0.6) is 0 Å². The highest BCUT2D eigenvalue weighted by molar-refractivity contribution is 5.34. The van der Waals surface area contributed by atoms with Gasteiger partial charge in [-0.05, 0) is 6.07 Å². The van der Waals surface area contributed by atoms with Crippen LogP contribution in [0.1, 0.15) is 0 Å². The number of nitrogen functional groups attached to an aromatic ring is 1. The molecule has 2 heterocycles. The fourth-order valence-corrected chi connectivity index (χ4v) is 1.55. The maximum absolute atomic E-state index is 5.66. The van der Waals surface area contributed by atoms with Crippen molar-refractivity contribution in [3.63, 3.8) is 0 Å². The number of nitrogens with two attached hydrogens (primary N) is 1. The molecule has 2 rings (SSSR count). The normalized spacial score (nSPS) is 12.3. The third-order valence-corrected chi connectivity index (χ3v) is 2.52. The summed E-state index contributed by atoms with van der Waals surface area (Å²) in [5.74, 6) is 0.834. The summed E-state index contributed by atoms with van der Waals surface area (Å²) in [5.41, 5.74) is 5.66. The highest BCUT2D eigenvalue weighted by Gasteiger charge is 2.10. The van der Waals surface area contributed by atoms with Gasteiger partial charge in [0, 0.05) is 33.2 Å². The van der Waals surface area contributed by atoms with Crippen LogP contribution in [0.15, 0.2) is 18.5 Å². The van der Waals surface area contributed by atoms with Crippen molar-refractivity contribution in [2.75, 3.05) is 38.4 Å². The molecule has 1 atom stereocenters. The molecule has 0 spiro atoms. The van der Waals surface area contributed by atoms with Gasteiger partial charge < -0.3 is 20.5 Å². The molecule has 1 unspecified atom stereocenters. The van der Waals surface area contributed by atoms with Crippen LogP contribution in [0, 0.1) is 0 Å². The van der Waals surface area contributed by atoms with E-state index in [2.05, 4.69) is 25.4 Å². The van der Waals surface area contributed by atoms with E-state index in [4.69, 9.17) is 15.2 Å². The predicted octanol–water partition coefficient (Wildman–Crippen LogP) is -0.287. The predicted molar refractivity (Wildman–Crippen MR) is 72.5 cm³/mol. The van der Waals surface area contributed by atoms with E-state index >= 15 is 0 Å². The van der Waals surface area contributed by atoms with Crippen molar-refractivity contribution >= 4 is 11.9 Å². The van der Waals surface area contributed by atoms with Crippen LogP contribution >= 0.6 is 0 Å². The van der Waals surface area contributed by atoms with Crippen LogP contribution in [0.3, 0.4) is 0 Å². The number of rotatable bonds is 7. The van der Waals surface area contributed by atoms with Crippen LogP contribution in [-0.2, 0) is 9.47 Å². The van der Waals surface area contributed by atoms with Crippen LogP contribution in [-0.4, -0.2) is 58.2 Å². The standard InChI is InChI=1S/C11H17N7O2/c1-19-7-8(20-2)6-13-10-15-9(12)16-11(17-10)18-5-3-4-14-18/h3-5,8H,6-7H2,1-2H3,(H3,12,13,15,16,17). The summed E-state index contributed by atoms with van der Waals surface area (Å²) in [4.78, 5) is 12.3. The quantitative estimate of drug-likeness (QED) is 0.711. The molecule has 0 amide bonds. The largest absolute Gasteiger partial charge is 0.382 e. The van der Waals surface area contributed by atoms with Crippen LogP contribution in [0.25, 0.3) is 5.95 Å². The Morgan fingerprint density at radius 1 is 1.35 bits per heavy atom. The summed E-state index contributed by atoms with van der Waals surface area (Å²) < 4.78 is 11.8. The van der Waals surface area contributed by atoms with Crippen molar-refractivity contribution in [1.29, 1.82) is 0 Å². The zero-order chi connectivity index (χ0) is 14.4. The van der Waals surface area contributed by atoms with Crippen molar-refractivity contribution in [3.8, 4) is 5.95 Å². The molecule has 0 fully saturated rings. The van der Waals surface area contributed by atoms with Gasteiger partial charge in [-0.1, -0.05) is 0 Å². The van der Waals surface area contributed by atoms with Crippen molar-refractivity contribution in [3.05, 3.63) is 18.5 Å². The van der Waals surface area contributed by atoms with Gasteiger partial charge >= 0.3 is 0 Å². The summed E-state index contributed by atoms with van der Waals surface area (Å²) in [5, 5.41) is 7.08. The molecule has 0 radical (unpaired) electrons. The number of aromatic nitrogens is 5. The molecule has 9 heteroatoms. The van der Waals surface area contributed by atoms with E-state index in [0.29, 0.717) is 25.0 Å². The minimum Gasteiger partial charge on any atom is -0.382 e. The average Bonchev–Trinajstić information content (AvgIpc) is 2.97. The first kappa shape index (κ1) is 14.2. The summed E-state index contributed by atoms with van der Waals surface area (Å²) in [6.07, 6.45) is 3.25. The topological polar surface area (TPSA) is 113 Å². The third kappa shape index (κ3) is 3.62. The maximum Gasteiger partial charge on any atom is 0.257 e. The summed E-state index contributed by atoms with van der Waals surface area (Å²) in [7, 11) is 3.23. The lowest BCUT2D eigenvalue weighted by molar-refractivity contribution is 0.0365. The Bertz CT molecular complexity index is 532. The van der Waals surface area contributed by atoms with Crippen LogP contribution in [0.4, 0.5) is 11.9 Å². The SMILES string of the molecule is COCC(CNc1nc(N)nc(-n2cccn2)n1)OC. The third-order valence-electron chi connectivity index (χ3n) is 2.52. The lowest BCUT2D eigenvalue weighted by Crippen LogP contribution is -2.27. The molecule has 0 saturated heterocycles. The number of anilines is 2. The smallest absolute Gasteiger partial charge is 0.257 e. The molecule has 0 aromatic carbocycles. The lowest BCUT2D eigenvalue weighted by atomic mass is 10.4. The molecule has 20 heavy (non-hydrogen) atoms.